The number of aliphatic hydroxyl groups is 1. The highest BCUT2D eigenvalue weighted by molar-refractivity contribution is 8.09. The molecule has 0 radical (unpaired) electrons. The molecule has 14 heavy (non-hydrogen) atoms. The first-order chi connectivity index (χ1) is 6.76. The van der Waals surface area contributed by atoms with Gasteiger partial charge in [0.05, 0.1) is 11.2 Å². The zero-order valence-electron chi connectivity index (χ0n) is 7.89. The molecule has 0 spiro atoms. The van der Waals surface area contributed by atoms with Gasteiger partial charge in [0.1, 0.15) is 0 Å². The summed E-state index contributed by atoms with van der Waals surface area (Å²) in [7, 11) is 0. The molecule has 1 rings (SSSR count). The highest BCUT2D eigenvalue weighted by Crippen LogP contribution is 2.20. The second-order valence-corrected chi connectivity index (χ2v) is 5.06. The van der Waals surface area contributed by atoms with Gasteiger partial charge in [-0.3, -0.25) is 0 Å². The van der Waals surface area contributed by atoms with Gasteiger partial charge in [-0.2, -0.15) is 12.6 Å². The lowest BCUT2D eigenvalue weighted by Gasteiger charge is -2.06. The summed E-state index contributed by atoms with van der Waals surface area (Å²) in [6.45, 7) is 3.81. The van der Waals surface area contributed by atoms with E-state index in [1.807, 2.05) is 18.2 Å². The lowest BCUT2D eigenvalue weighted by molar-refractivity contribution is 0.316. The van der Waals surface area contributed by atoms with Crippen LogP contribution in [0.4, 0.5) is 0 Å². The van der Waals surface area contributed by atoms with Crippen LogP contribution >= 0.6 is 24.4 Å². The summed E-state index contributed by atoms with van der Waals surface area (Å²) in [4.78, 5) is 0. The van der Waals surface area contributed by atoms with Crippen molar-refractivity contribution < 1.29 is 5.11 Å². The number of rotatable bonds is 5. The van der Waals surface area contributed by atoms with Gasteiger partial charge in [0, 0.05) is 5.75 Å². The van der Waals surface area contributed by atoms with E-state index in [0.717, 1.165) is 11.3 Å². The summed E-state index contributed by atoms with van der Waals surface area (Å²) >= 11 is 5.83. The van der Waals surface area contributed by atoms with Gasteiger partial charge in [-0.05, 0) is 11.1 Å². The van der Waals surface area contributed by atoms with E-state index in [1.165, 1.54) is 5.56 Å². The van der Waals surface area contributed by atoms with Crippen LogP contribution in [-0.4, -0.2) is 16.3 Å². The second kappa shape index (κ2) is 6.17. The highest BCUT2D eigenvalue weighted by atomic mass is 32.2. The van der Waals surface area contributed by atoms with E-state index in [9.17, 15) is 0 Å². The van der Waals surface area contributed by atoms with Crippen molar-refractivity contribution >= 4 is 30.5 Å². The molecule has 3 heteroatoms. The van der Waals surface area contributed by atoms with E-state index in [-0.39, 0.29) is 11.2 Å². The van der Waals surface area contributed by atoms with Gasteiger partial charge in [0.2, 0.25) is 0 Å². The van der Waals surface area contributed by atoms with Crippen LogP contribution < -0.4 is 0 Å². The molecule has 0 aliphatic carbocycles. The smallest absolute Gasteiger partial charge is 0.0706 e. The third-order valence-corrected chi connectivity index (χ3v) is 3.46. The molecule has 0 bridgehead atoms. The molecule has 0 amide bonds. The van der Waals surface area contributed by atoms with Crippen LogP contribution in [0.2, 0.25) is 0 Å². The largest absolute Gasteiger partial charge is 0.394 e. The number of hydrogen-bond donors (Lipinski definition) is 2. The van der Waals surface area contributed by atoms with Gasteiger partial charge in [0.25, 0.3) is 0 Å². The Morgan fingerprint density at radius 3 is 2.57 bits per heavy atom. The number of benzene rings is 1. The maximum atomic E-state index is 8.78. The number of aliphatic hydroxyl groups excluding tert-OH is 1. The molecule has 0 saturated carbocycles. The first-order valence-corrected chi connectivity index (χ1v) is 5.94. The minimum atomic E-state index is 0.00841. The van der Waals surface area contributed by atoms with Gasteiger partial charge in [-0.25, -0.2) is 0 Å². The average molecular weight is 226 g/mol. The Kier molecular flexibility index (Phi) is 5.15. The zero-order chi connectivity index (χ0) is 10.4. The molecule has 1 aromatic carbocycles. The molecule has 0 aliphatic heterocycles. The van der Waals surface area contributed by atoms with Crippen molar-refractivity contribution in [3.63, 3.8) is 0 Å². The molecule has 1 aromatic rings. The molecule has 1 nitrogen and oxygen atoms in total. The van der Waals surface area contributed by atoms with Gasteiger partial charge in [-0.15, -0.1) is 11.8 Å². The van der Waals surface area contributed by atoms with E-state index >= 15 is 0 Å². The Bertz CT molecular complexity index is 282. The first-order valence-electron chi connectivity index (χ1n) is 4.38. The van der Waals surface area contributed by atoms with E-state index in [4.69, 9.17) is 5.11 Å². The Balaban J connectivity index is 2.47. The van der Waals surface area contributed by atoms with Crippen molar-refractivity contribution in [3.8, 4) is 0 Å². The molecule has 1 unspecified atom stereocenters. The summed E-state index contributed by atoms with van der Waals surface area (Å²) in [5, 5.41) is 8.78. The minimum Gasteiger partial charge on any atom is -0.394 e. The zero-order valence-corrected chi connectivity index (χ0v) is 9.60. The fourth-order valence-corrected chi connectivity index (χ4v) is 1.90. The van der Waals surface area contributed by atoms with Crippen LogP contribution in [0.3, 0.4) is 0 Å². The maximum Gasteiger partial charge on any atom is 0.0706 e. The summed E-state index contributed by atoms with van der Waals surface area (Å²) in [5.41, 5.74) is 2.37. The van der Waals surface area contributed by atoms with E-state index < -0.39 is 0 Å². The molecule has 0 aromatic heterocycles. The van der Waals surface area contributed by atoms with E-state index in [1.54, 1.807) is 11.8 Å². The Hall–Kier alpha value is -0.380. The van der Waals surface area contributed by atoms with Crippen LogP contribution in [0.25, 0.3) is 6.08 Å². The Morgan fingerprint density at radius 1 is 1.43 bits per heavy atom. The highest BCUT2D eigenvalue weighted by Gasteiger charge is 2.01. The third kappa shape index (κ3) is 3.78. The number of thioether (sulfide) groups is 1. The van der Waals surface area contributed by atoms with E-state index in [0.29, 0.717) is 0 Å². The normalized spacial score (nSPS) is 12.4. The Labute approximate surface area is 94.6 Å². The van der Waals surface area contributed by atoms with Gasteiger partial charge < -0.3 is 5.11 Å². The standard InChI is InChI=1S/C11H14OS2/c1-2-9-3-5-10(6-4-9)8-14-11(13)7-12/h2-6,11-13H,1,7-8H2. The maximum absolute atomic E-state index is 8.78. The van der Waals surface area contributed by atoms with Gasteiger partial charge in [-0.1, -0.05) is 36.9 Å². The predicted octanol–water partition coefficient (Wildman–Crippen LogP) is 2.81. The molecule has 0 saturated heterocycles. The monoisotopic (exact) mass is 226 g/mol. The Morgan fingerprint density at radius 2 is 2.07 bits per heavy atom. The predicted molar refractivity (Wildman–Crippen MR) is 67.7 cm³/mol. The quantitative estimate of drug-likeness (QED) is 0.595. The molecule has 1 atom stereocenters. The average Bonchev–Trinajstić information content (AvgIpc) is 2.26. The van der Waals surface area contributed by atoms with E-state index in [2.05, 4.69) is 31.3 Å². The lowest BCUT2D eigenvalue weighted by Crippen LogP contribution is -1.98. The molecular formula is C11H14OS2. The molecule has 0 aliphatic rings. The van der Waals surface area contributed by atoms with Crippen molar-refractivity contribution in [2.45, 2.75) is 10.3 Å². The summed E-state index contributed by atoms with van der Waals surface area (Å²) in [6.07, 6.45) is 1.83. The van der Waals surface area contributed by atoms with Crippen LogP contribution in [-0.2, 0) is 5.75 Å². The topological polar surface area (TPSA) is 20.2 Å². The van der Waals surface area contributed by atoms with Crippen molar-refractivity contribution in [1.82, 2.24) is 0 Å². The molecule has 0 fully saturated rings. The van der Waals surface area contributed by atoms with Crippen LogP contribution in [0, 0.1) is 0 Å². The molecule has 1 N–H and O–H groups in total. The summed E-state index contributed by atoms with van der Waals surface area (Å²) in [5.74, 6) is 0.881. The van der Waals surface area contributed by atoms with Crippen molar-refractivity contribution in [2.24, 2.45) is 0 Å². The fraction of sp³-hybridized carbons (Fsp3) is 0.273. The minimum absolute atomic E-state index is 0.00841. The van der Waals surface area contributed by atoms with Crippen LogP contribution in [0.5, 0.6) is 0 Å². The van der Waals surface area contributed by atoms with Crippen LogP contribution in [0.15, 0.2) is 30.8 Å². The molecular weight excluding hydrogens is 212 g/mol. The summed E-state index contributed by atoms with van der Waals surface area (Å²) in [6, 6.07) is 8.22. The SMILES string of the molecule is C=Cc1ccc(CSC(S)CO)cc1. The van der Waals surface area contributed by atoms with Crippen LogP contribution in [0.1, 0.15) is 11.1 Å². The van der Waals surface area contributed by atoms with Crippen molar-refractivity contribution in [1.29, 1.82) is 0 Å². The number of hydrogen-bond acceptors (Lipinski definition) is 3. The first kappa shape index (κ1) is 11.7. The van der Waals surface area contributed by atoms with Crippen molar-refractivity contribution in [2.75, 3.05) is 6.61 Å². The van der Waals surface area contributed by atoms with Gasteiger partial charge >= 0.3 is 0 Å². The van der Waals surface area contributed by atoms with Gasteiger partial charge in [0.15, 0.2) is 0 Å². The lowest BCUT2D eigenvalue weighted by atomic mass is 10.1. The second-order valence-electron chi connectivity index (χ2n) is 2.89. The fourth-order valence-electron chi connectivity index (χ4n) is 0.995. The summed E-state index contributed by atoms with van der Waals surface area (Å²) < 4.78 is 0.00841. The molecule has 0 heterocycles. The number of thiol groups is 1. The molecule has 76 valence electrons. The van der Waals surface area contributed by atoms with Crippen molar-refractivity contribution in [3.05, 3.63) is 42.0 Å². The third-order valence-electron chi connectivity index (χ3n) is 1.81.